The largest absolute Gasteiger partial charge is 0.377 e. The Morgan fingerprint density at radius 1 is 1.32 bits per heavy atom. The highest BCUT2D eigenvalue weighted by atomic mass is 16.5. The van der Waals surface area contributed by atoms with Crippen molar-refractivity contribution in [3.05, 3.63) is 40.9 Å². The molecule has 0 aliphatic carbocycles. The number of rotatable bonds is 4. The number of hydrogen-bond acceptors (Lipinski definition) is 7. The van der Waals surface area contributed by atoms with Crippen LogP contribution in [0.3, 0.4) is 0 Å². The maximum absolute atomic E-state index is 11.9. The molecule has 8 nitrogen and oxygen atoms in total. The van der Waals surface area contributed by atoms with Crippen LogP contribution in [0.25, 0.3) is 0 Å². The van der Waals surface area contributed by atoms with Crippen LogP contribution in [0.1, 0.15) is 6.04 Å². The van der Waals surface area contributed by atoms with Gasteiger partial charge in [-0.2, -0.15) is 10.1 Å². The van der Waals surface area contributed by atoms with Crippen LogP contribution in [-0.4, -0.2) is 53.1 Å². The van der Waals surface area contributed by atoms with Gasteiger partial charge in [-0.1, -0.05) is 0 Å². The van der Waals surface area contributed by atoms with Crippen LogP contribution in [0.15, 0.2) is 35.4 Å². The third-order valence-electron chi connectivity index (χ3n) is 3.48. The molecule has 1 aliphatic heterocycles. The first-order valence-corrected chi connectivity index (χ1v) is 7.03. The fourth-order valence-electron chi connectivity index (χ4n) is 2.37. The summed E-state index contributed by atoms with van der Waals surface area (Å²) in [6.07, 6.45) is 3.30. The molecular weight excluding hydrogens is 284 g/mol. The second-order valence-corrected chi connectivity index (χ2v) is 5.30. The lowest BCUT2D eigenvalue weighted by Gasteiger charge is -2.21. The second-order valence-electron chi connectivity index (χ2n) is 5.30. The maximum Gasteiger partial charge on any atom is 0.267 e. The maximum atomic E-state index is 11.9. The van der Waals surface area contributed by atoms with Crippen molar-refractivity contribution in [2.24, 2.45) is 0 Å². The van der Waals surface area contributed by atoms with Crippen LogP contribution in [0.5, 0.6) is 0 Å². The van der Waals surface area contributed by atoms with Gasteiger partial charge in [-0.3, -0.25) is 4.79 Å². The summed E-state index contributed by atoms with van der Waals surface area (Å²) in [4.78, 5) is 22.4. The molecule has 0 bridgehead atoms. The van der Waals surface area contributed by atoms with Gasteiger partial charge in [-0.05, 0) is 12.1 Å². The lowest BCUT2D eigenvalue weighted by atomic mass is 10.1. The van der Waals surface area contributed by atoms with Crippen LogP contribution in [0.2, 0.25) is 0 Å². The first-order valence-electron chi connectivity index (χ1n) is 7.03. The zero-order chi connectivity index (χ0) is 15.5. The van der Waals surface area contributed by atoms with Crippen LogP contribution in [0.4, 0.5) is 11.8 Å². The van der Waals surface area contributed by atoms with Crippen LogP contribution < -0.4 is 15.8 Å². The van der Waals surface area contributed by atoms with Gasteiger partial charge in [0.25, 0.3) is 5.56 Å². The standard InChI is InChI=1S/C14H18N6O2/c1-19(2)14-15-7-5-12(18-14)17-10-8-22-9-11(10)20-13(21)4-3-6-16-20/h3-7,10-11H,8-9H2,1-2H3,(H,15,17,18). The molecule has 3 rings (SSSR count). The Hall–Kier alpha value is -2.48. The summed E-state index contributed by atoms with van der Waals surface area (Å²) < 4.78 is 6.97. The molecule has 1 aliphatic rings. The zero-order valence-electron chi connectivity index (χ0n) is 12.5. The van der Waals surface area contributed by atoms with Crippen molar-refractivity contribution in [1.82, 2.24) is 19.7 Å². The zero-order valence-corrected chi connectivity index (χ0v) is 12.5. The van der Waals surface area contributed by atoms with E-state index in [0.717, 1.165) is 0 Å². The van der Waals surface area contributed by atoms with Crippen molar-refractivity contribution in [2.75, 3.05) is 37.5 Å². The highest BCUT2D eigenvalue weighted by molar-refractivity contribution is 5.41. The lowest BCUT2D eigenvalue weighted by Crippen LogP contribution is -2.37. The van der Waals surface area contributed by atoms with E-state index in [1.807, 2.05) is 19.0 Å². The molecule has 1 fully saturated rings. The number of nitrogens with zero attached hydrogens (tertiary/aromatic N) is 5. The molecule has 8 heteroatoms. The van der Waals surface area contributed by atoms with E-state index in [9.17, 15) is 4.79 Å². The summed E-state index contributed by atoms with van der Waals surface area (Å²) in [6.45, 7) is 0.940. The molecule has 116 valence electrons. The Labute approximate surface area is 127 Å². The summed E-state index contributed by atoms with van der Waals surface area (Å²) in [7, 11) is 3.77. The Bertz CT molecular complexity index is 701. The highest BCUT2D eigenvalue weighted by Gasteiger charge is 2.31. The first kappa shape index (κ1) is 14.5. The molecule has 2 aromatic heterocycles. The molecule has 0 radical (unpaired) electrons. The molecule has 2 atom stereocenters. The summed E-state index contributed by atoms with van der Waals surface area (Å²) in [5.41, 5.74) is -0.138. The van der Waals surface area contributed by atoms with Gasteiger partial charge in [-0.15, -0.1) is 0 Å². The SMILES string of the molecule is CN(C)c1nccc(NC2COCC2n2ncccc2=O)n1. The minimum Gasteiger partial charge on any atom is -0.377 e. The Balaban J connectivity index is 1.81. The van der Waals surface area contributed by atoms with Gasteiger partial charge in [-0.25, -0.2) is 9.67 Å². The molecule has 0 amide bonds. The van der Waals surface area contributed by atoms with E-state index in [4.69, 9.17) is 4.74 Å². The number of anilines is 2. The topological polar surface area (TPSA) is 85.2 Å². The molecular formula is C14H18N6O2. The normalized spacial score (nSPS) is 20.8. The van der Waals surface area contributed by atoms with E-state index in [2.05, 4.69) is 20.4 Å². The summed E-state index contributed by atoms with van der Waals surface area (Å²) in [5.74, 6) is 1.32. The molecule has 0 aromatic carbocycles. The molecule has 2 aromatic rings. The Morgan fingerprint density at radius 2 is 2.18 bits per heavy atom. The second kappa shape index (κ2) is 6.10. The van der Waals surface area contributed by atoms with E-state index in [0.29, 0.717) is 25.0 Å². The Kier molecular flexibility index (Phi) is 4.01. The number of ether oxygens (including phenoxy) is 1. The van der Waals surface area contributed by atoms with Crippen molar-refractivity contribution in [2.45, 2.75) is 12.1 Å². The predicted molar refractivity (Wildman–Crippen MR) is 82.1 cm³/mol. The van der Waals surface area contributed by atoms with Gasteiger partial charge in [0, 0.05) is 32.6 Å². The van der Waals surface area contributed by atoms with Gasteiger partial charge in [0.05, 0.1) is 19.3 Å². The minimum atomic E-state index is -0.161. The van der Waals surface area contributed by atoms with E-state index in [1.165, 1.54) is 10.7 Å². The lowest BCUT2D eigenvalue weighted by molar-refractivity contribution is 0.182. The van der Waals surface area contributed by atoms with Gasteiger partial charge in [0.1, 0.15) is 11.9 Å². The summed E-state index contributed by atoms with van der Waals surface area (Å²) >= 11 is 0. The molecule has 1 saturated heterocycles. The van der Waals surface area contributed by atoms with E-state index < -0.39 is 0 Å². The van der Waals surface area contributed by atoms with Crippen LogP contribution in [0, 0.1) is 0 Å². The smallest absolute Gasteiger partial charge is 0.267 e. The fourth-order valence-corrected chi connectivity index (χ4v) is 2.37. The van der Waals surface area contributed by atoms with Crippen molar-refractivity contribution >= 4 is 11.8 Å². The number of nitrogens with one attached hydrogen (secondary N) is 1. The molecule has 0 spiro atoms. The van der Waals surface area contributed by atoms with Gasteiger partial charge < -0.3 is 15.0 Å². The van der Waals surface area contributed by atoms with Crippen LogP contribution >= 0.6 is 0 Å². The predicted octanol–water partition coefficient (Wildman–Crippen LogP) is 0.151. The van der Waals surface area contributed by atoms with Gasteiger partial charge >= 0.3 is 0 Å². The van der Waals surface area contributed by atoms with Crippen LogP contribution in [-0.2, 0) is 4.74 Å². The van der Waals surface area contributed by atoms with Crippen molar-refractivity contribution in [3.63, 3.8) is 0 Å². The molecule has 1 N–H and O–H groups in total. The third kappa shape index (κ3) is 2.91. The quantitative estimate of drug-likeness (QED) is 0.860. The van der Waals surface area contributed by atoms with E-state index >= 15 is 0 Å². The van der Waals surface area contributed by atoms with Crippen molar-refractivity contribution in [1.29, 1.82) is 0 Å². The molecule has 0 saturated carbocycles. The number of hydrogen-bond donors (Lipinski definition) is 1. The third-order valence-corrected chi connectivity index (χ3v) is 3.48. The van der Waals surface area contributed by atoms with E-state index in [-0.39, 0.29) is 17.6 Å². The first-order chi connectivity index (χ1) is 10.6. The minimum absolute atomic E-state index is 0.0717. The van der Waals surface area contributed by atoms with E-state index in [1.54, 1.807) is 24.5 Å². The van der Waals surface area contributed by atoms with Gasteiger partial charge in [0.2, 0.25) is 5.95 Å². The van der Waals surface area contributed by atoms with Crippen molar-refractivity contribution < 1.29 is 4.74 Å². The average molecular weight is 302 g/mol. The number of aromatic nitrogens is 4. The summed E-state index contributed by atoms with van der Waals surface area (Å²) in [5, 5.41) is 7.45. The van der Waals surface area contributed by atoms with Crippen molar-refractivity contribution in [3.8, 4) is 0 Å². The monoisotopic (exact) mass is 302 g/mol. The average Bonchev–Trinajstić information content (AvgIpc) is 2.96. The fraction of sp³-hybridized carbons (Fsp3) is 0.429. The Morgan fingerprint density at radius 3 is 2.95 bits per heavy atom. The highest BCUT2D eigenvalue weighted by Crippen LogP contribution is 2.21. The molecule has 22 heavy (non-hydrogen) atoms. The molecule has 3 heterocycles. The molecule has 2 unspecified atom stereocenters. The van der Waals surface area contributed by atoms with Gasteiger partial charge in [0.15, 0.2) is 0 Å². The summed E-state index contributed by atoms with van der Waals surface area (Å²) in [6, 6.07) is 4.69.